The Morgan fingerprint density at radius 1 is 1.07 bits per heavy atom. The summed E-state index contributed by atoms with van der Waals surface area (Å²) in [4.78, 5) is 25.9. The molecule has 1 aliphatic rings. The molecule has 1 fully saturated rings. The first-order valence-electron chi connectivity index (χ1n) is 8.91. The number of pyridine rings is 2. The molecular formula is C19H16ClF3N4O. The van der Waals surface area contributed by atoms with Crippen LogP contribution < -0.4 is 5.56 Å². The SMILES string of the molecule is O=c1c2ncccc2nc([C@H]2CC[C@@H](C(F)(F)F)CC2)n1-c1ccc(Cl)nc1. The first-order valence-corrected chi connectivity index (χ1v) is 9.28. The van der Waals surface area contributed by atoms with Crippen LogP contribution in [-0.4, -0.2) is 25.7 Å². The van der Waals surface area contributed by atoms with Gasteiger partial charge in [0.05, 0.1) is 23.3 Å². The molecule has 0 N–H and O–H groups in total. The van der Waals surface area contributed by atoms with Gasteiger partial charge in [0.1, 0.15) is 11.0 Å². The van der Waals surface area contributed by atoms with E-state index in [1.807, 2.05) is 0 Å². The molecule has 28 heavy (non-hydrogen) atoms. The third-order valence-corrected chi connectivity index (χ3v) is 5.40. The molecule has 1 saturated carbocycles. The van der Waals surface area contributed by atoms with E-state index in [4.69, 9.17) is 11.6 Å². The van der Waals surface area contributed by atoms with Gasteiger partial charge in [0, 0.05) is 12.1 Å². The number of aromatic nitrogens is 4. The van der Waals surface area contributed by atoms with Crippen molar-refractivity contribution in [2.75, 3.05) is 0 Å². The van der Waals surface area contributed by atoms with Gasteiger partial charge in [-0.3, -0.25) is 9.36 Å². The summed E-state index contributed by atoms with van der Waals surface area (Å²) >= 11 is 5.85. The lowest BCUT2D eigenvalue weighted by Gasteiger charge is -2.30. The van der Waals surface area contributed by atoms with Gasteiger partial charge in [-0.2, -0.15) is 13.2 Å². The molecule has 5 nitrogen and oxygen atoms in total. The van der Waals surface area contributed by atoms with E-state index in [2.05, 4.69) is 15.0 Å². The Morgan fingerprint density at radius 3 is 2.46 bits per heavy atom. The Bertz CT molecular complexity index is 1060. The summed E-state index contributed by atoms with van der Waals surface area (Å²) in [5.41, 5.74) is 0.717. The van der Waals surface area contributed by atoms with Crippen LogP contribution >= 0.6 is 11.6 Å². The first-order chi connectivity index (χ1) is 13.3. The summed E-state index contributed by atoms with van der Waals surface area (Å²) in [6.45, 7) is 0. The lowest BCUT2D eigenvalue weighted by Crippen LogP contribution is -2.31. The van der Waals surface area contributed by atoms with Crippen molar-refractivity contribution in [2.24, 2.45) is 5.92 Å². The summed E-state index contributed by atoms with van der Waals surface area (Å²) in [5, 5.41) is 0.274. The lowest BCUT2D eigenvalue weighted by molar-refractivity contribution is -0.182. The van der Waals surface area contributed by atoms with Gasteiger partial charge in [0.15, 0.2) is 5.52 Å². The lowest BCUT2D eigenvalue weighted by atomic mass is 9.81. The molecule has 0 unspecified atom stereocenters. The molecule has 9 heteroatoms. The smallest absolute Gasteiger partial charge is 0.266 e. The molecule has 3 aromatic heterocycles. The van der Waals surface area contributed by atoms with Crippen LogP contribution in [0.5, 0.6) is 0 Å². The Kier molecular flexibility index (Phi) is 4.82. The zero-order valence-corrected chi connectivity index (χ0v) is 15.4. The summed E-state index contributed by atoms with van der Waals surface area (Å²) in [5.74, 6) is -1.12. The van der Waals surface area contributed by atoms with E-state index in [9.17, 15) is 18.0 Å². The summed E-state index contributed by atoms with van der Waals surface area (Å²) < 4.78 is 40.5. The van der Waals surface area contributed by atoms with Crippen LogP contribution in [0.4, 0.5) is 13.2 Å². The molecule has 0 aliphatic heterocycles. The minimum Gasteiger partial charge on any atom is -0.266 e. The molecule has 0 radical (unpaired) electrons. The molecule has 3 aromatic rings. The van der Waals surface area contributed by atoms with Crippen LogP contribution in [0.3, 0.4) is 0 Å². The Balaban J connectivity index is 1.82. The Hall–Kier alpha value is -2.48. The quantitative estimate of drug-likeness (QED) is 0.578. The van der Waals surface area contributed by atoms with Crippen LogP contribution in [0.15, 0.2) is 41.5 Å². The van der Waals surface area contributed by atoms with Gasteiger partial charge >= 0.3 is 6.18 Å². The third kappa shape index (κ3) is 3.48. The normalized spacial score (nSPS) is 20.4. The molecule has 4 rings (SSSR count). The van der Waals surface area contributed by atoms with Crippen molar-refractivity contribution in [2.45, 2.75) is 37.8 Å². The second-order valence-corrected chi connectivity index (χ2v) is 7.30. The van der Waals surface area contributed by atoms with E-state index in [1.165, 1.54) is 17.0 Å². The van der Waals surface area contributed by atoms with Crippen molar-refractivity contribution in [1.29, 1.82) is 0 Å². The van der Waals surface area contributed by atoms with E-state index >= 15 is 0 Å². The predicted octanol–water partition coefficient (Wildman–Crippen LogP) is 4.67. The number of rotatable bonds is 2. The fourth-order valence-electron chi connectivity index (χ4n) is 3.74. The summed E-state index contributed by atoms with van der Waals surface area (Å²) in [6, 6.07) is 6.54. The van der Waals surface area contributed by atoms with Crippen molar-refractivity contribution in [3.63, 3.8) is 0 Å². The highest BCUT2D eigenvalue weighted by Crippen LogP contribution is 2.42. The molecule has 0 spiro atoms. The maximum atomic E-state index is 13.1. The van der Waals surface area contributed by atoms with Crippen molar-refractivity contribution in [1.82, 2.24) is 19.5 Å². The highest BCUT2D eigenvalue weighted by atomic mass is 35.5. The average Bonchev–Trinajstić information content (AvgIpc) is 2.68. The number of hydrogen-bond acceptors (Lipinski definition) is 4. The van der Waals surface area contributed by atoms with Gasteiger partial charge in [-0.15, -0.1) is 0 Å². The molecule has 0 saturated heterocycles. The van der Waals surface area contributed by atoms with Crippen LogP contribution in [0.1, 0.15) is 37.4 Å². The fraction of sp³-hybridized carbons (Fsp3) is 0.368. The van der Waals surface area contributed by atoms with Gasteiger partial charge in [-0.1, -0.05) is 11.6 Å². The van der Waals surface area contributed by atoms with E-state index in [0.29, 0.717) is 29.9 Å². The van der Waals surface area contributed by atoms with Gasteiger partial charge in [0.2, 0.25) is 0 Å². The number of hydrogen-bond donors (Lipinski definition) is 0. The Labute approximate surface area is 163 Å². The minimum atomic E-state index is -4.19. The Morgan fingerprint density at radius 2 is 1.82 bits per heavy atom. The second-order valence-electron chi connectivity index (χ2n) is 6.91. The van der Waals surface area contributed by atoms with Crippen LogP contribution in [0, 0.1) is 5.92 Å². The largest absolute Gasteiger partial charge is 0.391 e. The number of alkyl halides is 3. The molecular weight excluding hydrogens is 393 g/mol. The maximum absolute atomic E-state index is 13.1. The molecule has 1 aliphatic carbocycles. The fourth-order valence-corrected chi connectivity index (χ4v) is 3.85. The van der Waals surface area contributed by atoms with Gasteiger partial charge in [0.25, 0.3) is 5.56 Å². The zero-order valence-electron chi connectivity index (χ0n) is 14.7. The third-order valence-electron chi connectivity index (χ3n) is 5.18. The average molecular weight is 409 g/mol. The molecule has 0 atom stereocenters. The topological polar surface area (TPSA) is 60.7 Å². The van der Waals surface area contributed by atoms with Crippen molar-refractivity contribution in [3.8, 4) is 5.69 Å². The van der Waals surface area contributed by atoms with Gasteiger partial charge < -0.3 is 0 Å². The summed E-state index contributed by atoms with van der Waals surface area (Å²) in [7, 11) is 0. The minimum absolute atomic E-state index is 0.0218. The van der Waals surface area contributed by atoms with E-state index in [-0.39, 0.29) is 35.0 Å². The zero-order chi connectivity index (χ0) is 19.9. The van der Waals surface area contributed by atoms with Crippen molar-refractivity contribution < 1.29 is 13.2 Å². The van der Waals surface area contributed by atoms with Crippen LogP contribution in [0.25, 0.3) is 16.7 Å². The van der Waals surface area contributed by atoms with Gasteiger partial charge in [-0.05, 0) is 49.9 Å². The van der Waals surface area contributed by atoms with E-state index < -0.39 is 12.1 Å². The molecule has 146 valence electrons. The standard InChI is InChI=1S/C19H16ClF3N4O/c20-15-8-7-13(10-25-15)27-17(11-3-5-12(6-4-11)19(21,22)23)26-14-2-1-9-24-16(14)18(27)28/h1-2,7-12H,3-6H2/t11-,12+. The van der Waals surface area contributed by atoms with E-state index in [0.717, 1.165) is 0 Å². The molecule has 3 heterocycles. The number of fused-ring (bicyclic) bond motifs is 1. The monoisotopic (exact) mass is 408 g/mol. The summed E-state index contributed by atoms with van der Waals surface area (Å²) in [6.07, 6.45) is -0.574. The van der Waals surface area contributed by atoms with Crippen molar-refractivity contribution in [3.05, 3.63) is 58.0 Å². The maximum Gasteiger partial charge on any atom is 0.391 e. The van der Waals surface area contributed by atoms with Crippen molar-refractivity contribution >= 4 is 22.6 Å². The highest BCUT2D eigenvalue weighted by Gasteiger charge is 2.42. The van der Waals surface area contributed by atoms with Crippen LogP contribution in [0.2, 0.25) is 5.15 Å². The number of nitrogens with zero attached hydrogens (tertiary/aromatic N) is 4. The van der Waals surface area contributed by atoms with Crippen LogP contribution in [-0.2, 0) is 0 Å². The van der Waals surface area contributed by atoms with Gasteiger partial charge in [-0.25, -0.2) is 15.0 Å². The first kappa shape index (κ1) is 18.9. The highest BCUT2D eigenvalue weighted by molar-refractivity contribution is 6.29. The molecule has 0 amide bonds. The molecule has 0 bridgehead atoms. The van der Waals surface area contributed by atoms with E-state index in [1.54, 1.807) is 24.3 Å². The predicted molar refractivity (Wildman–Crippen MR) is 98.7 cm³/mol. The number of halogens is 4. The second kappa shape index (κ2) is 7.16. The molecule has 0 aromatic carbocycles.